The molecular formula is C18H15ClN4O4. The predicted molar refractivity (Wildman–Crippen MR) is 98.3 cm³/mol. The lowest BCUT2D eigenvalue weighted by atomic mass is 10.2. The molecule has 1 heterocycles. The molecule has 27 heavy (non-hydrogen) atoms. The number of carbonyl (C=O) groups is 3. The molecule has 0 bridgehead atoms. The number of hydrogen-bond donors (Lipinski definition) is 3. The quantitative estimate of drug-likeness (QED) is 0.411. The zero-order chi connectivity index (χ0) is 19.8. The fraction of sp³-hybridized carbons (Fsp3) is 0.111. The Balaban J connectivity index is 1.93. The van der Waals surface area contributed by atoms with Gasteiger partial charge in [0.25, 0.3) is 5.91 Å². The van der Waals surface area contributed by atoms with Gasteiger partial charge in [0.1, 0.15) is 23.2 Å². The Morgan fingerprint density at radius 1 is 1.19 bits per heavy atom. The van der Waals surface area contributed by atoms with Crippen molar-refractivity contribution >= 4 is 41.1 Å². The number of furan rings is 1. The normalized spacial score (nSPS) is 10.6. The van der Waals surface area contributed by atoms with Gasteiger partial charge in [0.15, 0.2) is 0 Å². The maximum absolute atomic E-state index is 11.9. The van der Waals surface area contributed by atoms with Crippen molar-refractivity contribution in [1.82, 2.24) is 10.6 Å². The summed E-state index contributed by atoms with van der Waals surface area (Å²) in [4.78, 5) is 35.2. The number of carbonyl (C=O) groups excluding carboxylic acids is 3. The van der Waals surface area contributed by atoms with Crippen molar-refractivity contribution in [3.63, 3.8) is 0 Å². The third kappa shape index (κ3) is 5.73. The minimum Gasteiger partial charge on any atom is -0.460 e. The Morgan fingerprint density at radius 3 is 2.63 bits per heavy atom. The zero-order valence-corrected chi connectivity index (χ0v) is 15.0. The summed E-state index contributed by atoms with van der Waals surface area (Å²) in [5.41, 5.74) is 0.273. The van der Waals surface area contributed by atoms with Gasteiger partial charge in [-0.05, 0) is 30.3 Å². The van der Waals surface area contributed by atoms with Crippen molar-refractivity contribution in [2.45, 2.75) is 6.54 Å². The first-order valence-corrected chi connectivity index (χ1v) is 8.08. The Kier molecular flexibility index (Phi) is 6.74. The van der Waals surface area contributed by atoms with Gasteiger partial charge in [-0.1, -0.05) is 17.7 Å². The molecule has 1 aromatic carbocycles. The van der Waals surface area contributed by atoms with Crippen molar-refractivity contribution in [2.24, 2.45) is 0 Å². The summed E-state index contributed by atoms with van der Waals surface area (Å²) in [7, 11) is 1.41. The first-order valence-electron chi connectivity index (χ1n) is 7.70. The maximum atomic E-state index is 11.9. The first-order chi connectivity index (χ1) is 12.9. The lowest BCUT2D eigenvalue weighted by Crippen LogP contribution is -2.34. The average molecular weight is 387 g/mol. The second-order valence-electron chi connectivity index (χ2n) is 5.20. The summed E-state index contributed by atoms with van der Waals surface area (Å²) in [6, 6.07) is 11.2. The van der Waals surface area contributed by atoms with Crippen LogP contribution in [-0.4, -0.2) is 24.8 Å². The van der Waals surface area contributed by atoms with E-state index in [1.807, 2.05) is 0 Å². The van der Waals surface area contributed by atoms with E-state index in [-0.39, 0.29) is 17.9 Å². The molecule has 0 spiro atoms. The number of amides is 3. The van der Waals surface area contributed by atoms with Crippen LogP contribution in [0.15, 0.2) is 46.4 Å². The summed E-state index contributed by atoms with van der Waals surface area (Å²) in [5.74, 6) is -1.63. The third-order valence-electron chi connectivity index (χ3n) is 3.27. The molecule has 3 N–H and O–H groups in total. The Hall–Kier alpha value is -3.57. The highest BCUT2D eigenvalue weighted by atomic mass is 35.5. The fourth-order valence-electron chi connectivity index (χ4n) is 1.99. The average Bonchev–Trinajstić information content (AvgIpc) is 3.11. The smallest absolute Gasteiger partial charge is 0.313 e. The van der Waals surface area contributed by atoms with Crippen LogP contribution in [0.3, 0.4) is 0 Å². The molecule has 2 rings (SSSR count). The Labute approximate surface area is 159 Å². The number of halogens is 1. The molecule has 1 aromatic heterocycles. The van der Waals surface area contributed by atoms with Gasteiger partial charge in [-0.15, -0.1) is 0 Å². The third-order valence-corrected chi connectivity index (χ3v) is 3.51. The van der Waals surface area contributed by atoms with Crippen LogP contribution in [0.5, 0.6) is 0 Å². The van der Waals surface area contributed by atoms with Gasteiger partial charge >= 0.3 is 11.8 Å². The van der Waals surface area contributed by atoms with Gasteiger partial charge < -0.3 is 20.4 Å². The number of nitriles is 1. The molecule has 0 saturated heterocycles. The largest absolute Gasteiger partial charge is 0.460 e. The first kappa shape index (κ1) is 19.8. The van der Waals surface area contributed by atoms with E-state index in [2.05, 4.69) is 16.0 Å². The van der Waals surface area contributed by atoms with Crippen LogP contribution >= 0.6 is 11.6 Å². The van der Waals surface area contributed by atoms with Crippen LogP contribution in [0.25, 0.3) is 6.08 Å². The molecule has 0 fully saturated rings. The van der Waals surface area contributed by atoms with Crippen molar-refractivity contribution in [3.05, 3.63) is 58.5 Å². The molecule has 0 atom stereocenters. The number of nitrogens with one attached hydrogen (secondary N) is 3. The van der Waals surface area contributed by atoms with Crippen molar-refractivity contribution < 1.29 is 18.8 Å². The number of likely N-dealkylation sites (N-methyl/N-ethyl adjacent to an activating group) is 1. The molecule has 138 valence electrons. The van der Waals surface area contributed by atoms with Crippen molar-refractivity contribution in [2.75, 3.05) is 12.4 Å². The van der Waals surface area contributed by atoms with E-state index < -0.39 is 17.7 Å². The highest BCUT2D eigenvalue weighted by molar-refractivity contribution is 6.39. The highest BCUT2D eigenvalue weighted by Gasteiger charge is 2.14. The van der Waals surface area contributed by atoms with Crippen molar-refractivity contribution in [3.8, 4) is 6.07 Å². The lowest BCUT2D eigenvalue weighted by Gasteiger charge is -2.05. The molecule has 8 nitrogen and oxygen atoms in total. The van der Waals surface area contributed by atoms with Crippen LogP contribution in [0.4, 0.5) is 5.69 Å². The highest BCUT2D eigenvalue weighted by Crippen LogP contribution is 2.15. The fourth-order valence-corrected chi connectivity index (χ4v) is 2.18. The SMILES string of the molecule is CNC(=O)/C(C#N)=C\c1ccc(CNC(=O)C(=O)Nc2cccc(Cl)c2)o1. The Morgan fingerprint density at radius 2 is 1.96 bits per heavy atom. The summed E-state index contributed by atoms with van der Waals surface area (Å²) in [5, 5.41) is 16.5. The van der Waals surface area contributed by atoms with Gasteiger partial charge in [0, 0.05) is 23.8 Å². The molecule has 0 radical (unpaired) electrons. The second-order valence-corrected chi connectivity index (χ2v) is 5.64. The van der Waals surface area contributed by atoms with Gasteiger partial charge in [0.05, 0.1) is 6.54 Å². The van der Waals surface area contributed by atoms with Crippen molar-refractivity contribution in [1.29, 1.82) is 5.26 Å². The van der Waals surface area contributed by atoms with Crippen LogP contribution < -0.4 is 16.0 Å². The lowest BCUT2D eigenvalue weighted by molar-refractivity contribution is -0.136. The van der Waals surface area contributed by atoms with E-state index in [4.69, 9.17) is 21.3 Å². The second kappa shape index (κ2) is 9.22. The molecule has 3 amide bonds. The molecular weight excluding hydrogens is 372 g/mol. The van der Waals surface area contributed by atoms with E-state index in [1.54, 1.807) is 30.3 Å². The molecule has 0 aliphatic carbocycles. The summed E-state index contributed by atoms with van der Waals surface area (Å²) >= 11 is 5.81. The predicted octanol–water partition coefficient (Wildman–Crippen LogP) is 1.84. The maximum Gasteiger partial charge on any atom is 0.313 e. The van der Waals surface area contributed by atoms with Gasteiger partial charge in [0.2, 0.25) is 0 Å². The topological polar surface area (TPSA) is 124 Å². The summed E-state index contributed by atoms with van der Waals surface area (Å²) in [6.45, 7) is -0.0441. The number of hydrogen-bond acceptors (Lipinski definition) is 5. The van der Waals surface area contributed by atoms with E-state index in [0.29, 0.717) is 16.5 Å². The van der Waals surface area contributed by atoms with E-state index in [9.17, 15) is 14.4 Å². The number of benzene rings is 1. The number of nitrogens with zero attached hydrogens (tertiary/aromatic N) is 1. The molecule has 0 aliphatic heterocycles. The van der Waals surface area contributed by atoms with Gasteiger partial charge in [-0.2, -0.15) is 5.26 Å². The standard InChI is InChI=1S/C18H15ClN4O4/c1-21-16(24)11(9-20)7-14-5-6-15(27-14)10-22-17(25)18(26)23-13-4-2-3-12(19)8-13/h2-8H,10H2,1H3,(H,21,24)(H,22,25)(H,23,26)/b11-7-. The van der Waals surface area contributed by atoms with Gasteiger partial charge in [-0.3, -0.25) is 14.4 Å². The Bertz CT molecular complexity index is 943. The summed E-state index contributed by atoms with van der Waals surface area (Å²) < 4.78 is 5.40. The minimum absolute atomic E-state index is 0.0441. The molecule has 2 aromatic rings. The monoisotopic (exact) mass is 386 g/mol. The van der Waals surface area contributed by atoms with E-state index in [0.717, 1.165) is 0 Å². The number of rotatable bonds is 5. The van der Waals surface area contributed by atoms with Gasteiger partial charge in [-0.25, -0.2) is 0 Å². The van der Waals surface area contributed by atoms with E-state index in [1.165, 1.54) is 25.3 Å². The number of anilines is 1. The molecule has 0 unspecified atom stereocenters. The zero-order valence-electron chi connectivity index (χ0n) is 14.2. The minimum atomic E-state index is -0.855. The van der Waals surface area contributed by atoms with E-state index >= 15 is 0 Å². The van der Waals surface area contributed by atoms with Crippen LogP contribution in [-0.2, 0) is 20.9 Å². The van der Waals surface area contributed by atoms with Crippen LogP contribution in [0, 0.1) is 11.3 Å². The van der Waals surface area contributed by atoms with Crippen LogP contribution in [0.1, 0.15) is 11.5 Å². The summed E-state index contributed by atoms with van der Waals surface area (Å²) in [6.07, 6.45) is 1.27. The molecule has 0 aliphatic rings. The molecule has 9 heteroatoms. The van der Waals surface area contributed by atoms with Crippen LogP contribution in [0.2, 0.25) is 5.02 Å². The molecule has 0 saturated carbocycles.